The summed E-state index contributed by atoms with van der Waals surface area (Å²) >= 11 is 0. The molecule has 4 heteroatoms. The van der Waals surface area contributed by atoms with Crippen LogP contribution in [0.3, 0.4) is 0 Å². The molecule has 0 radical (unpaired) electrons. The fourth-order valence-corrected chi connectivity index (χ4v) is 2.56. The number of hydrogen-bond donors (Lipinski definition) is 0. The first-order chi connectivity index (χ1) is 10.8. The molecule has 1 amide bonds. The standard InChI is InChI=1S/C18H21NO3/c1-21-16-8-4-14(5-9-16)13-19(15-6-7-15)18(20)11-10-17-3-2-12-22-17/h2-5,8-9,12,15H,6-7,10-11,13H2,1H3. The summed E-state index contributed by atoms with van der Waals surface area (Å²) in [6.45, 7) is 0.672. The van der Waals surface area contributed by atoms with Gasteiger partial charge in [0.05, 0.1) is 13.4 Å². The molecule has 0 N–H and O–H groups in total. The molecular weight excluding hydrogens is 278 g/mol. The molecule has 0 bridgehead atoms. The largest absolute Gasteiger partial charge is 0.497 e. The Hall–Kier alpha value is -2.23. The van der Waals surface area contributed by atoms with Gasteiger partial charge in [-0.15, -0.1) is 0 Å². The van der Waals surface area contributed by atoms with Crippen molar-refractivity contribution in [2.75, 3.05) is 7.11 Å². The summed E-state index contributed by atoms with van der Waals surface area (Å²) in [6.07, 6.45) is 5.04. The van der Waals surface area contributed by atoms with Crippen LogP contribution in [0.4, 0.5) is 0 Å². The Morgan fingerprint density at radius 1 is 1.27 bits per heavy atom. The molecule has 0 aliphatic heterocycles. The van der Waals surface area contributed by atoms with Crippen molar-refractivity contribution >= 4 is 5.91 Å². The maximum absolute atomic E-state index is 12.5. The zero-order valence-electron chi connectivity index (χ0n) is 12.8. The van der Waals surface area contributed by atoms with E-state index < -0.39 is 0 Å². The van der Waals surface area contributed by atoms with Gasteiger partial charge in [-0.25, -0.2) is 0 Å². The molecule has 1 aliphatic carbocycles. The van der Waals surface area contributed by atoms with Gasteiger partial charge < -0.3 is 14.1 Å². The highest BCUT2D eigenvalue weighted by Gasteiger charge is 2.32. The monoisotopic (exact) mass is 299 g/mol. The Balaban J connectivity index is 1.60. The Labute approximate surface area is 130 Å². The van der Waals surface area contributed by atoms with Crippen LogP contribution < -0.4 is 4.74 Å². The van der Waals surface area contributed by atoms with Gasteiger partial charge in [0.15, 0.2) is 0 Å². The van der Waals surface area contributed by atoms with Gasteiger partial charge in [0, 0.05) is 25.4 Å². The van der Waals surface area contributed by atoms with E-state index in [1.54, 1.807) is 13.4 Å². The zero-order chi connectivity index (χ0) is 15.4. The molecule has 0 spiro atoms. The third-order valence-electron chi connectivity index (χ3n) is 3.99. The Kier molecular flexibility index (Phi) is 4.47. The van der Waals surface area contributed by atoms with E-state index in [4.69, 9.17) is 9.15 Å². The first-order valence-corrected chi connectivity index (χ1v) is 7.71. The second-order valence-electron chi connectivity index (χ2n) is 5.68. The SMILES string of the molecule is COc1ccc(CN(C(=O)CCc2ccco2)C2CC2)cc1. The summed E-state index contributed by atoms with van der Waals surface area (Å²) in [6, 6.07) is 12.1. The zero-order valence-corrected chi connectivity index (χ0v) is 12.8. The summed E-state index contributed by atoms with van der Waals surface area (Å²) in [5.74, 6) is 1.91. The molecule has 1 heterocycles. The topological polar surface area (TPSA) is 42.7 Å². The molecule has 116 valence electrons. The summed E-state index contributed by atoms with van der Waals surface area (Å²) in [4.78, 5) is 14.5. The summed E-state index contributed by atoms with van der Waals surface area (Å²) in [5, 5.41) is 0. The highest BCUT2D eigenvalue weighted by atomic mass is 16.5. The number of rotatable bonds is 7. The number of carbonyl (C=O) groups is 1. The number of amides is 1. The van der Waals surface area contributed by atoms with E-state index >= 15 is 0 Å². The van der Waals surface area contributed by atoms with Crippen molar-refractivity contribution in [3.63, 3.8) is 0 Å². The van der Waals surface area contributed by atoms with E-state index in [9.17, 15) is 4.79 Å². The average molecular weight is 299 g/mol. The van der Waals surface area contributed by atoms with Crippen LogP contribution in [-0.4, -0.2) is 24.0 Å². The van der Waals surface area contributed by atoms with Crippen molar-refractivity contribution in [3.8, 4) is 5.75 Å². The molecule has 1 fully saturated rings. The van der Waals surface area contributed by atoms with Crippen molar-refractivity contribution in [2.45, 2.75) is 38.3 Å². The number of furan rings is 1. The molecule has 2 aromatic rings. The first kappa shape index (κ1) is 14.7. The van der Waals surface area contributed by atoms with Gasteiger partial charge in [-0.3, -0.25) is 4.79 Å². The van der Waals surface area contributed by atoms with E-state index in [1.807, 2.05) is 41.3 Å². The van der Waals surface area contributed by atoms with Crippen LogP contribution in [0, 0.1) is 0 Å². The summed E-state index contributed by atoms with van der Waals surface area (Å²) in [5.41, 5.74) is 1.14. The van der Waals surface area contributed by atoms with Crippen molar-refractivity contribution in [2.24, 2.45) is 0 Å². The van der Waals surface area contributed by atoms with Gasteiger partial charge in [-0.05, 0) is 42.7 Å². The smallest absolute Gasteiger partial charge is 0.223 e. The second kappa shape index (κ2) is 6.69. The normalized spacial score (nSPS) is 13.9. The van der Waals surface area contributed by atoms with E-state index in [1.165, 1.54) is 0 Å². The van der Waals surface area contributed by atoms with Crippen molar-refractivity contribution in [1.82, 2.24) is 4.90 Å². The molecule has 1 saturated carbocycles. The van der Waals surface area contributed by atoms with E-state index in [0.29, 0.717) is 25.4 Å². The number of hydrogen-bond acceptors (Lipinski definition) is 3. The quantitative estimate of drug-likeness (QED) is 0.787. The summed E-state index contributed by atoms with van der Waals surface area (Å²) < 4.78 is 10.5. The first-order valence-electron chi connectivity index (χ1n) is 7.71. The Morgan fingerprint density at radius 3 is 2.64 bits per heavy atom. The van der Waals surface area contributed by atoms with Gasteiger partial charge in [0.2, 0.25) is 5.91 Å². The molecule has 0 unspecified atom stereocenters. The molecule has 1 aromatic carbocycles. The third-order valence-corrected chi connectivity index (χ3v) is 3.99. The maximum Gasteiger partial charge on any atom is 0.223 e. The van der Waals surface area contributed by atoms with Crippen LogP contribution in [0.2, 0.25) is 0 Å². The lowest BCUT2D eigenvalue weighted by atomic mass is 10.1. The minimum atomic E-state index is 0.203. The van der Waals surface area contributed by atoms with Crippen molar-refractivity contribution in [3.05, 3.63) is 54.0 Å². The van der Waals surface area contributed by atoms with Gasteiger partial charge in [0.1, 0.15) is 11.5 Å². The van der Waals surface area contributed by atoms with E-state index in [-0.39, 0.29) is 5.91 Å². The van der Waals surface area contributed by atoms with Gasteiger partial charge in [-0.1, -0.05) is 12.1 Å². The number of ether oxygens (including phenoxy) is 1. The third kappa shape index (κ3) is 3.70. The Bertz CT molecular complexity index is 600. The molecule has 22 heavy (non-hydrogen) atoms. The minimum Gasteiger partial charge on any atom is -0.497 e. The van der Waals surface area contributed by atoms with Crippen LogP contribution in [0.15, 0.2) is 47.1 Å². The van der Waals surface area contributed by atoms with Crippen LogP contribution in [-0.2, 0) is 17.8 Å². The Morgan fingerprint density at radius 2 is 2.05 bits per heavy atom. The lowest BCUT2D eigenvalue weighted by molar-refractivity contribution is -0.132. The minimum absolute atomic E-state index is 0.203. The molecule has 4 nitrogen and oxygen atoms in total. The molecule has 1 aromatic heterocycles. The van der Waals surface area contributed by atoms with Crippen LogP contribution in [0.25, 0.3) is 0 Å². The maximum atomic E-state index is 12.5. The number of nitrogens with zero attached hydrogens (tertiary/aromatic N) is 1. The van der Waals surface area contributed by atoms with Crippen molar-refractivity contribution in [1.29, 1.82) is 0 Å². The van der Waals surface area contributed by atoms with Gasteiger partial charge in [-0.2, -0.15) is 0 Å². The molecule has 1 aliphatic rings. The van der Waals surface area contributed by atoms with Gasteiger partial charge in [0.25, 0.3) is 0 Å². The lowest BCUT2D eigenvalue weighted by Crippen LogP contribution is -2.32. The second-order valence-corrected chi connectivity index (χ2v) is 5.68. The number of methoxy groups -OCH3 is 1. The predicted octanol–water partition coefficient (Wildman–Crippen LogP) is 3.41. The van der Waals surface area contributed by atoms with E-state index in [0.717, 1.165) is 29.9 Å². The fraction of sp³-hybridized carbons (Fsp3) is 0.389. The number of carbonyl (C=O) groups excluding carboxylic acids is 1. The molecule has 0 atom stereocenters. The van der Waals surface area contributed by atoms with E-state index in [2.05, 4.69) is 0 Å². The number of benzene rings is 1. The molecular formula is C18H21NO3. The summed E-state index contributed by atoms with van der Waals surface area (Å²) in [7, 11) is 1.66. The molecule has 0 saturated heterocycles. The van der Waals surface area contributed by atoms with Crippen LogP contribution in [0.1, 0.15) is 30.6 Å². The van der Waals surface area contributed by atoms with Crippen LogP contribution in [0.5, 0.6) is 5.75 Å². The van der Waals surface area contributed by atoms with Gasteiger partial charge >= 0.3 is 0 Å². The number of aryl methyl sites for hydroxylation is 1. The molecule has 3 rings (SSSR count). The van der Waals surface area contributed by atoms with Crippen molar-refractivity contribution < 1.29 is 13.9 Å². The highest BCUT2D eigenvalue weighted by molar-refractivity contribution is 5.77. The van der Waals surface area contributed by atoms with Crippen LogP contribution >= 0.6 is 0 Å². The fourth-order valence-electron chi connectivity index (χ4n) is 2.56. The lowest BCUT2D eigenvalue weighted by Gasteiger charge is -2.22. The average Bonchev–Trinajstić information content (AvgIpc) is 3.26. The highest BCUT2D eigenvalue weighted by Crippen LogP contribution is 2.29. The predicted molar refractivity (Wildman–Crippen MR) is 83.6 cm³/mol.